The fourth-order valence-electron chi connectivity index (χ4n) is 4.07. The van der Waals surface area contributed by atoms with Gasteiger partial charge in [0.1, 0.15) is 0 Å². The second-order valence-electron chi connectivity index (χ2n) is 7.39. The summed E-state index contributed by atoms with van der Waals surface area (Å²) < 4.78 is 4.30. The highest BCUT2D eigenvalue weighted by atomic mass is 16.1. The van der Waals surface area contributed by atoms with Crippen molar-refractivity contribution in [2.24, 2.45) is 0 Å². The maximum absolute atomic E-state index is 13.2. The van der Waals surface area contributed by atoms with Gasteiger partial charge in [0.2, 0.25) is 0 Å². The maximum atomic E-state index is 13.2. The van der Waals surface area contributed by atoms with Crippen LogP contribution in [0.4, 0.5) is 0 Å². The number of aromatic nitrogens is 2. The summed E-state index contributed by atoms with van der Waals surface area (Å²) in [6, 6.07) is 18.5. The van der Waals surface area contributed by atoms with Gasteiger partial charge in [-0.3, -0.25) is 4.79 Å². The average Bonchev–Trinajstić information content (AvgIpc) is 3.37. The van der Waals surface area contributed by atoms with E-state index in [0.29, 0.717) is 5.57 Å². The standard InChI is InChI=1S/C26H27N3O/c1-4-6-16-28-18-21(20-12-8-10-14-24(20)28)25(26(30)27-3)22(5-2)29-17-15-19-11-7-9-13-23(19)29/h5,7-15,17-18H,2,4,6,16H2,1,3H3,(H,27,30)/b25-22+. The van der Waals surface area contributed by atoms with E-state index in [9.17, 15) is 4.79 Å². The van der Waals surface area contributed by atoms with E-state index in [2.05, 4.69) is 59.9 Å². The number of likely N-dealkylation sites (N-methyl/N-ethyl adjacent to an activating group) is 1. The lowest BCUT2D eigenvalue weighted by atomic mass is 10.0. The van der Waals surface area contributed by atoms with Crippen molar-refractivity contribution in [3.63, 3.8) is 0 Å². The van der Waals surface area contributed by atoms with E-state index in [-0.39, 0.29) is 5.91 Å². The average molecular weight is 398 g/mol. The minimum atomic E-state index is -0.124. The molecule has 152 valence electrons. The number of allylic oxidation sites excluding steroid dienone is 2. The van der Waals surface area contributed by atoms with Crippen molar-refractivity contribution in [2.75, 3.05) is 7.05 Å². The Morgan fingerprint density at radius 3 is 2.53 bits per heavy atom. The summed E-state index contributed by atoms with van der Waals surface area (Å²) >= 11 is 0. The number of nitrogens with zero attached hydrogens (tertiary/aromatic N) is 2. The number of para-hydroxylation sites is 2. The molecular formula is C26H27N3O. The van der Waals surface area contributed by atoms with Crippen LogP contribution in [0.5, 0.6) is 0 Å². The molecule has 4 aromatic rings. The van der Waals surface area contributed by atoms with Gasteiger partial charge < -0.3 is 14.5 Å². The van der Waals surface area contributed by atoms with Gasteiger partial charge in [-0.2, -0.15) is 0 Å². The quantitative estimate of drug-likeness (QED) is 0.315. The topological polar surface area (TPSA) is 39.0 Å². The van der Waals surface area contributed by atoms with Crippen LogP contribution in [0.15, 0.2) is 79.6 Å². The molecule has 0 spiro atoms. The van der Waals surface area contributed by atoms with E-state index >= 15 is 0 Å². The van der Waals surface area contributed by atoms with E-state index in [1.807, 2.05) is 35.0 Å². The molecule has 0 saturated heterocycles. The summed E-state index contributed by atoms with van der Waals surface area (Å²) in [7, 11) is 1.67. The molecule has 0 aliphatic rings. The first-order chi connectivity index (χ1) is 14.7. The number of amides is 1. The molecule has 2 heterocycles. The number of benzene rings is 2. The van der Waals surface area contributed by atoms with Crippen molar-refractivity contribution in [2.45, 2.75) is 26.3 Å². The lowest BCUT2D eigenvalue weighted by molar-refractivity contribution is -0.115. The third-order valence-electron chi connectivity index (χ3n) is 5.57. The van der Waals surface area contributed by atoms with Crippen molar-refractivity contribution >= 4 is 39.0 Å². The van der Waals surface area contributed by atoms with E-state index in [1.165, 1.54) is 0 Å². The number of fused-ring (bicyclic) bond motifs is 2. The van der Waals surface area contributed by atoms with Crippen LogP contribution in [-0.4, -0.2) is 22.1 Å². The molecule has 0 aliphatic heterocycles. The molecule has 30 heavy (non-hydrogen) atoms. The number of nitrogens with one attached hydrogen (secondary N) is 1. The molecule has 1 N–H and O–H groups in total. The summed E-state index contributed by atoms with van der Waals surface area (Å²) in [5.41, 5.74) is 4.51. The van der Waals surface area contributed by atoms with Crippen LogP contribution in [0.25, 0.3) is 33.1 Å². The normalized spacial score (nSPS) is 12.2. The minimum absolute atomic E-state index is 0.124. The number of rotatable bonds is 7. The van der Waals surface area contributed by atoms with Gasteiger partial charge in [-0.25, -0.2) is 0 Å². The van der Waals surface area contributed by atoms with Gasteiger partial charge in [0, 0.05) is 42.5 Å². The van der Waals surface area contributed by atoms with Crippen LogP contribution in [0.1, 0.15) is 25.3 Å². The minimum Gasteiger partial charge on any atom is -0.355 e. The van der Waals surface area contributed by atoms with Gasteiger partial charge in [-0.05, 0) is 36.1 Å². The Balaban J connectivity index is 2.02. The van der Waals surface area contributed by atoms with Crippen LogP contribution in [0, 0.1) is 0 Å². The van der Waals surface area contributed by atoms with Crippen molar-refractivity contribution in [3.05, 3.63) is 85.2 Å². The molecule has 0 unspecified atom stereocenters. The predicted molar refractivity (Wildman–Crippen MR) is 126 cm³/mol. The van der Waals surface area contributed by atoms with Crippen LogP contribution in [0.2, 0.25) is 0 Å². The molecule has 4 nitrogen and oxygen atoms in total. The zero-order valence-corrected chi connectivity index (χ0v) is 17.6. The second kappa shape index (κ2) is 8.46. The molecule has 1 amide bonds. The lowest BCUT2D eigenvalue weighted by Gasteiger charge is -2.14. The van der Waals surface area contributed by atoms with Gasteiger partial charge in [-0.15, -0.1) is 0 Å². The Kier molecular flexibility index (Phi) is 5.57. The molecule has 2 aromatic carbocycles. The molecule has 0 radical (unpaired) electrons. The Morgan fingerprint density at radius 2 is 1.80 bits per heavy atom. The summed E-state index contributed by atoms with van der Waals surface area (Å²) in [5, 5.41) is 5.03. The summed E-state index contributed by atoms with van der Waals surface area (Å²) in [4.78, 5) is 13.2. The zero-order chi connectivity index (χ0) is 21.1. The van der Waals surface area contributed by atoms with E-state index in [1.54, 1.807) is 13.1 Å². The third-order valence-corrected chi connectivity index (χ3v) is 5.57. The fraction of sp³-hybridized carbons (Fsp3) is 0.192. The molecule has 4 rings (SSSR count). The van der Waals surface area contributed by atoms with Crippen LogP contribution >= 0.6 is 0 Å². The molecule has 0 bridgehead atoms. The first-order valence-corrected chi connectivity index (χ1v) is 10.4. The van der Waals surface area contributed by atoms with Gasteiger partial charge in [-0.1, -0.05) is 56.3 Å². The number of carbonyl (C=O) groups excluding carboxylic acids is 1. The molecule has 0 fully saturated rings. The monoisotopic (exact) mass is 397 g/mol. The maximum Gasteiger partial charge on any atom is 0.253 e. The molecule has 0 aliphatic carbocycles. The number of unbranched alkanes of at least 4 members (excludes halogenated alkanes) is 1. The Morgan fingerprint density at radius 1 is 1.07 bits per heavy atom. The molecule has 2 aromatic heterocycles. The SMILES string of the molecule is C=C/C(=C(\C(=O)NC)c1cn(CCCC)c2ccccc12)n1ccc2ccccc21. The molecule has 0 saturated carbocycles. The lowest BCUT2D eigenvalue weighted by Crippen LogP contribution is -2.21. The number of carbonyl (C=O) groups is 1. The Labute approximate surface area is 177 Å². The van der Waals surface area contributed by atoms with Crippen LogP contribution in [-0.2, 0) is 11.3 Å². The second-order valence-corrected chi connectivity index (χ2v) is 7.39. The summed E-state index contributed by atoms with van der Waals surface area (Å²) in [5.74, 6) is -0.124. The highest BCUT2D eigenvalue weighted by Crippen LogP contribution is 2.33. The Bertz CT molecular complexity index is 1260. The van der Waals surface area contributed by atoms with Crippen molar-refractivity contribution in [1.82, 2.24) is 14.5 Å². The van der Waals surface area contributed by atoms with Gasteiger partial charge >= 0.3 is 0 Å². The van der Waals surface area contributed by atoms with E-state index in [0.717, 1.165) is 52.5 Å². The third kappa shape index (κ3) is 3.35. The van der Waals surface area contributed by atoms with E-state index < -0.39 is 0 Å². The molecule has 4 heteroatoms. The first kappa shape index (κ1) is 19.8. The summed E-state index contributed by atoms with van der Waals surface area (Å²) in [6.07, 6.45) is 8.09. The zero-order valence-electron chi connectivity index (χ0n) is 17.6. The number of hydrogen-bond donors (Lipinski definition) is 1. The fourth-order valence-corrected chi connectivity index (χ4v) is 4.07. The summed E-state index contributed by atoms with van der Waals surface area (Å²) in [6.45, 7) is 7.17. The predicted octanol–water partition coefficient (Wildman–Crippen LogP) is 5.70. The highest BCUT2D eigenvalue weighted by molar-refractivity contribution is 6.29. The van der Waals surface area contributed by atoms with Crippen molar-refractivity contribution < 1.29 is 4.79 Å². The number of aryl methyl sites for hydroxylation is 1. The molecular weight excluding hydrogens is 370 g/mol. The Hall–Kier alpha value is -3.53. The van der Waals surface area contributed by atoms with Gasteiger partial charge in [0.05, 0.1) is 16.8 Å². The molecule has 0 atom stereocenters. The highest BCUT2D eigenvalue weighted by Gasteiger charge is 2.22. The van der Waals surface area contributed by atoms with Crippen molar-refractivity contribution in [1.29, 1.82) is 0 Å². The van der Waals surface area contributed by atoms with Gasteiger partial charge in [0.15, 0.2) is 0 Å². The van der Waals surface area contributed by atoms with Gasteiger partial charge in [0.25, 0.3) is 5.91 Å². The van der Waals surface area contributed by atoms with Crippen LogP contribution in [0.3, 0.4) is 0 Å². The first-order valence-electron chi connectivity index (χ1n) is 10.4. The van der Waals surface area contributed by atoms with Crippen LogP contribution < -0.4 is 5.32 Å². The smallest absolute Gasteiger partial charge is 0.253 e. The largest absolute Gasteiger partial charge is 0.355 e. The number of hydrogen-bond acceptors (Lipinski definition) is 1. The van der Waals surface area contributed by atoms with Crippen molar-refractivity contribution in [3.8, 4) is 0 Å². The van der Waals surface area contributed by atoms with E-state index in [4.69, 9.17) is 0 Å².